The average Bonchev–Trinajstić information content (AvgIpc) is 2.06. The molecule has 0 unspecified atom stereocenters. The van der Waals surface area contributed by atoms with Crippen LogP contribution in [0.4, 0.5) is 4.79 Å². The van der Waals surface area contributed by atoms with E-state index in [0.29, 0.717) is 6.54 Å². The van der Waals surface area contributed by atoms with Gasteiger partial charge in [-0.3, -0.25) is 0 Å². The van der Waals surface area contributed by atoms with Gasteiger partial charge in [0.2, 0.25) is 0 Å². The lowest BCUT2D eigenvalue weighted by Crippen LogP contribution is -2.25. The lowest BCUT2D eigenvalue weighted by atomic mass is 9.98. The summed E-state index contributed by atoms with van der Waals surface area (Å²) >= 11 is 0. The summed E-state index contributed by atoms with van der Waals surface area (Å²) in [6.45, 7) is 2.35. The van der Waals surface area contributed by atoms with Crippen LogP contribution in [0.15, 0.2) is 0 Å². The fourth-order valence-electron chi connectivity index (χ4n) is 1.49. The zero-order chi connectivity index (χ0) is 8.81. The number of carbonyl (C=O) groups excluding carboxylic acids is 1. The molecule has 1 aliphatic carbocycles. The molecule has 1 amide bonds. The minimum absolute atomic E-state index is 0.140. The van der Waals surface area contributed by atoms with Crippen molar-refractivity contribution < 1.29 is 9.53 Å². The van der Waals surface area contributed by atoms with Crippen molar-refractivity contribution >= 4 is 6.09 Å². The third kappa shape index (κ3) is 3.11. The molecule has 0 atom stereocenters. The van der Waals surface area contributed by atoms with Crippen LogP contribution in [-0.2, 0) is 4.74 Å². The summed E-state index contributed by atoms with van der Waals surface area (Å²) in [6.07, 6.45) is 5.44. The fourth-order valence-corrected chi connectivity index (χ4v) is 1.49. The molecule has 0 bridgehead atoms. The van der Waals surface area contributed by atoms with E-state index in [0.717, 1.165) is 12.8 Å². The predicted molar refractivity (Wildman–Crippen MR) is 46.0 cm³/mol. The maximum Gasteiger partial charge on any atom is 0.429 e. The van der Waals surface area contributed by atoms with Gasteiger partial charge in [-0.05, 0) is 32.6 Å². The third-order valence-corrected chi connectivity index (χ3v) is 2.11. The second-order valence-corrected chi connectivity index (χ2v) is 3.12. The molecule has 0 aliphatic heterocycles. The molecule has 1 saturated carbocycles. The number of hydrogen-bond donors (Lipinski definition) is 0. The predicted octanol–water partition coefficient (Wildman–Crippen LogP) is 2.08. The summed E-state index contributed by atoms with van der Waals surface area (Å²) in [5, 5.41) is 3.66. The summed E-state index contributed by atoms with van der Waals surface area (Å²) in [4.78, 5) is 10.9. The van der Waals surface area contributed by atoms with Crippen LogP contribution in [0.3, 0.4) is 0 Å². The molecule has 1 rings (SSSR count). The van der Waals surface area contributed by atoms with Crippen LogP contribution in [0.25, 0.3) is 0 Å². The normalized spacial score (nSPS) is 18.8. The molecular formula is C9H16NO2. The first-order valence-electron chi connectivity index (χ1n) is 4.71. The molecule has 0 spiro atoms. The Morgan fingerprint density at radius 2 is 2.08 bits per heavy atom. The van der Waals surface area contributed by atoms with Gasteiger partial charge in [0, 0.05) is 6.54 Å². The van der Waals surface area contributed by atoms with Gasteiger partial charge in [-0.15, -0.1) is 0 Å². The molecule has 0 aromatic carbocycles. The van der Waals surface area contributed by atoms with Crippen molar-refractivity contribution in [1.29, 1.82) is 0 Å². The van der Waals surface area contributed by atoms with Gasteiger partial charge in [0.25, 0.3) is 0 Å². The zero-order valence-electron chi connectivity index (χ0n) is 7.58. The van der Waals surface area contributed by atoms with Gasteiger partial charge in [-0.25, -0.2) is 10.1 Å². The number of ether oxygens (including phenoxy) is 1. The Morgan fingerprint density at radius 3 is 2.67 bits per heavy atom. The van der Waals surface area contributed by atoms with Crippen LogP contribution in [-0.4, -0.2) is 18.7 Å². The molecule has 1 radical (unpaired) electrons. The molecule has 0 aromatic rings. The Kier molecular flexibility index (Phi) is 3.91. The SMILES string of the molecule is CC[N]C(=O)OC1CCCCC1. The second-order valence-electron chi connectivity index (χ2n) is 3.12. The van der Waals surface area contributed by atoms with Crippen molar-refractivity contribution in [1.82, 2.24) is 5.32 Å². The Labute approximate surface area is 73.5 Å². The minimum atomic E-state index is -0.385. The third-order valence-electron chi connectivity index (χ3n) is 2.11. The van der Waals surface area contributed by atoms with Crippen molar-refractivity contribution in [2.75, 3.05) is 6.54 Å². The molecule has 1 fully saturated rings. The van der Waals surface area contributed by atoms with Gasteiger partial charge in [-0.1, -0.05) is 6.42 Å². The first kappa shape index (κ1) is 9.36. The number of amides is 1. The maximum absolute atomic E-state index is 10.9. The fraction of sp³-hybridized carbons (Fsp3) is 0.889. The summed E-state index contributed by atoms with van der Waals surface area (Å²) < 4.78 is 5.13. The smallest absolute Gasteiger partial charge is 0.429 e. The van der Waals surface area contributed by atoms with Crippen LogP contribution in [0.1, 0.15) is 39.0 Å². The van der Waals surface area contributed by atoms with E-state index < -0.39 is 0 Å². The van der Waals surface area contributed by atoms with Gasteiger partial charge in [0.15, 0.2) is 0 Å². The van der Waals surface area contributed by atoms with E-state index >= 15 is 0 Å². The molecule has 69 valence electrons. The highest BCUT2D eigenvalue weighted by Crippen LogP contribution is 2.20. The van der Waals surface area contributed by atoms with Gasteiger partial charge in [-0.2, -0.15) is 0 Å². The van der Waals surface area contributed by atoms with Gasteiger partial charge in [0.05, 0.1) is 0 Å². The van der Waals surface area contributed by atoms with Crippen molar-refractivity contribution in [3.8, 4) is 0 Å². The van der Waals surface area contributed by atoms with Crippen LogP contribution in [0.2, 0.25) is 0 Å². The Balaban J connectivity index is 2.15. The van der Waals surface area contributed by atoms with E-state index in [1.54, 1.807) is 0 Å². The molecule has 12 heavy (non-hydrogen) atoms. The van der Waals surface area contributed by atoms with Crippen molar-refractivity contribution in [3.05, 3.63) is 0 Å². The molecule has 0 N–H and O–H groups in total. The first-order chi connectivity index (χ1) is 5.83. The molecule has 1 aliphatic rings. The van der Waals surface area contributed by atoms with Gasteiger partial charge >= 0.3 is 6.09 Å². The van der Waals surface area contributed by atoms with Crippen LogP contribution < -0.4 is 5.32 Å². The van der Waals surface area contributed by atoms with Crippen LogP contribution in [0.5, 0.6) is 0 Å². The lowest BCUT2D eigenvalue weighted by molar-refractivity contribution is 0.0750. The van der Waals surface area contributed by atoms with E-state index in [9.17, 15) is 4.79 Å². The van der Waals surface area contributed by atoms with Crippen molar-refractivity contribution in [2.24, 2.45) is 0 Å². The number of carbonyl (C=O) groups is 1. The molecule has 0 aromatic heterocycles. The van der Waals surface area contributed by atoms with Crippen molar-refractivity contribution in [2.45, 2.75) is 45.1 Å². The minimum Gasteiger partial charge on any atom is -0.445 e. The van der Waals surface area contributed by atoms with Crippen LogP contribution in [0, 0.1) is 0 Å². The monoisotopic (exact) mass is 170 g/mol. The van der Waals surface area contributed by atoms with Gasteiger partial charge in [0.1, 0.15) is 6.10 Å². The Morgan fingerprint density at radius 1 is 1.42 bits per heavy atom. The molecule has 0 heterocycles. The van der Waals surface area contributed by atoms with E-state index in [2.05, 4.69) is 5.32 Å². The van der Waals surface area contributed by atoms with Crippen molar-refractivity contribution in [3.63, 3.8) is 0 Å². The number of hydrogen-bond acceptors (Lipinski definition) is 2. The zero-order valence-corrected chi connectivity index (χ0v) is 7.58. The van der Waals surface area contributed by atoms with Gasteiger partial charge < -0.3 is 4.74 Å². The van der Waals surface area contributed by atoms with E-state index in [4.69, 9.17) is 4.74 Å². The summed E-state index contributed by atoms with van der Waals surface area (Å²) in [6, 6.07) is 0. The van der Waals surface area contributed by atoms with E-state index in [1.807, 2.05) is 6.92 Å². The maximum atomic E-state index is 10.9. The molecule has 3 heteroatoms. The quantitative estimate of drug-likeness (QED) is 0.636. The molecule has 0 saturated heterocycles. The summed E-state index contributed by atoms with van der Waals surface area (Å²) in [5.74, 6) is 0. The largest absolute Gasteiger partial charge is 0.445 e. The summed E-state index contributed by atoms with van der Waals surface area (Å²) in [7, 11) is 0. The first-order valence-corrected chi connectivity index (χ1v) is 4.71. The Hall–Kier alpha value is -0.730. The summed E-state index contributed by atoms with van der Waals surface area (Å²) in [5.41, 5.74) is 0. The highest BCUT2D eigenvalue weighted by molar-refractivity contribution is 5.66. The molecular weight excluding hydrogens is 154 g/mol. The number of nitrogens with zero attached hydrogens (tertiary/aromatic N) is 1. The topological polar surface area (TPSA) is 40.4 Å². The molecule has 3 nitrogen and oxygen atoms in total. The average molecular weight is 170 g/mol. The van der Waals surface area contributed by atoms with E-state index in [-0.39, 0.29) is 12.2 Å². The van der Waals surface area contributed by atoms with Crippen LogP contribution >= 0.6 is 0 Å². The number of rotatable bonds is 2. The second kappa shape index (κ2) is 5.01. The lowest BCUT2D eigenvalue weighted by Gasteiger charge is -2.20. The standard InChI is InChI=1S/C9H16NO2/c1-2-10-9(11)12-8-6-4-3-5-7-8/h8H,2-7H2,1H3. The van der Waals surface area contributed by atoms with E-state index in [1.165, 1.54) is 19.3 Å². The Bertz CT molecular complexity index is 141. The highest BCUT2D eigenvalue weighted by atomic mass is 16.6. The highest BCUT2D eigenvalue weighted by Gasteiger charge is 2.17.